The number of nitrogens with zero attached hydrogens (tertiary/aromatic N) is 2. The van der Waals surface area contributed by atoms with Crippen LogP contribution in [0.15, 0.2) is 48.5 Å². The Morgan fingerprint density at radius 1 is 1.00 bits per heavy atom. The van der Waals surface area contributed by atoms with Gasteiger partial charge < -0.3 is 9.64 Å². The van der Waals surface area contributed by atoms with Crippen molar-refractivity contribution in [1.29, 1.82) is 0 Å². The van der Waals surface area contributed by atoms with E-state index in [2.05, 4.69) is 0 Å². The van der Waals surface area contributed by atoms with E-state index in [4.69, 9.17) is 4.74 Å². The molecule has 1 atom stereocenters. The number of imide groups is 1. The number of amides is 3. The highest BCUT2D eigenvalue weighted by molar-refractivity contribution is 6.23. The second-order valence-corrected chi connectivity index (χ2v) is 8.75. The minimum atomic E-state index is -0.832. The Labute approximate surface area is 193 Å². The molecule has 1 saturated carbocycles. The van der Waals surface area contributed by atoms with Crippen LogP contribution in [-0.2, 0) is 14.4 Å². The van der Waals surface area contributed by atoms with Gasteiger partial charge in [-0.1, -0.05) is 37.0 Å². The van der Waals surface area contributed by atoms with Gasteiger partial charge in [0, 0.05) is 18.5 Å². The molecule has 0 radical (unpaired) electrons. The van der Waals surface area contributed by atoms with Crippen LogP contribution in [0.1, 0.15) is 61.4 Å². The number of benzene rings is 2. The number of hydrogen-bond donors (Lipinski definition) is 0. The summed E-state index contributed by atoms with van der Waals surface area (Å²) in [5.41, 5.74) is 1.90. The fraction of sp³-hybridized carbons (Fsp3) is 0.385. The van der Waals surface area contributed by atoms with E-state index in [0.717, 1.165) is 42.6 Å². The molecule has 0 bridgehead atoms. The molecular formula is C26H28N2O5. The predicted molar refractivity (Wildman–Crippen MR) is 123 cm³/mol. The molecule has 3 amide bonds. The van der Waals surface area contributed by atoms with Gasteiger partial charge in [0.1, 0.15) is 11.8 Å². The van der Waals surface area contributed by atoms with Gasteiger partial charge >= 0.3 is 5.97 Å². The van der Waals surface area contributed by atoms with Gasteiger partial charge in [0.05, 0.1) is 12.1 Å². The first kappa shape index (κ1) is 22.7. The quantitative estimate of drug-likeness (QED) is 0.392. The fourth-order valence-corrected chi connectivity index (χ4v) is 4.78. The van der Waals surface area contributed by atoms with E-state index < -0.39 is 17.9 Å². The molecule has 1 aliphatic carbocycles. The minimum Gasteiger partial charge on any atom is -0.427 e. The largest absolute Gasteiger partial charge is 0.427 e. The van der Waals surface area contributed by atoms with Crippen LogP contribution in [-0.4, -0.2) is 40.7 Å². The lowest BCUT2D eigenvalue weighted by atomic mass is 9.92. The van der Waals surface area contributed by atoms with Crippen molar-refractivity contribution in [2.75, 3.05) is 4.90 Å². The maximum atomic E-state index is 13.6. The van der Waals surface area contributed by atoms with Crippen molar-refractivity contribution in [3.05, 3.63) is 59.7 Å². The zero-order chi connectivity index (χ0) is 23.5. The van der Waals surface area contributed by atoms with Crippen molar-refractivity contribution in [3.63, 3.8) is 0 Å². The van der Waals surface area contributed by atoms with Gasteiger partial charge in [-0.2, -0.15) is 0 Å². The normalized spacial score (nSPS) is 19.0. The van der Waals surface area contributed by atoms with Crippen LogP contribution in [0.25, 0.3) is 0 Å². The van der Waals surface area contributed by atoms with Crippen molar-refractivity contribution < 1.29 is 23.9 Å². The number of ether oxygens (including phenoxy) is 1. The van der Waals surface area contributed by atoms with Crippen molar-refractivity contribution >= 4 is 29.4 Å². The molecule has 172 valence electrons. The zero-order valence-electron chi connectivity index (χ0n) is 19.0. The molecule has 7 heteroatoms. The molecule has 2 aliphatic rings. The standard InChI is InChI=1S/C26H28N2O5/c1-17-7-6-8-19(15-17)25(31)27(20-9-4-3-5-10-20)23-16-24(30)28(26(23)32)21-11-13-22(14-12-21)33-18(2)29/h6-8,11-15,20,23H,3-5,9-10,16H2,1-2H3. The van der Waals surface area contributed by atoms with E-state index in [1.54, 1.807) is 35.2 Å². The van der Waals surface area contributed by atoms with Gasteiger partial charge in [0.25, 0.3) is 11.8 Å². The average Bonchev–Trinajstić information content (AvgIpc) is 3.08. The van der Waals surface area contributed by atoms with Gasteiger partial charge in [0.2, 0.25) is 5.91 Å². The number of carbonyl (C=O) groups excluding carboxylic acids is 4. The highest BCUT2D eigenvalue weighted by atomic mass is 16.5. The van der Waals surface area contributed by atoms with Crippen LogP contribution >= 0.6 is 0 Å². The Kier molecular flexibility index (Phi) is 6.58. The summed E-state index contributed by atoms with van der Waals surface area (Å²) < 4.78 is 5.03. The molecule has 1 aliphatic heterocycles. The first-order valence-corrected chi connectivity index (χ1v) is 11.4. The topological polar surface area (TPSA) is 84.0 Å². The van der Waals surface area contributed by atoms with Crippen LogP contribution in [0.4, 0.5) is 5.69 Å². The molecule has 4 rings (SSSR count). The van der Waals surface area contributed by atoms with Gasteiger partial charge in [-0.15, -0.1) is 0 Å². The van der Waals surface area contributed by atoms with Crippen molar-refractivity contribution in [2.24, 2.45) is 0 Å². The Bertz CT molecular complexity index is 1070. The third-order valence-corrected chi connectivity index (χ3v) is 6.28. The van der Waals surface area contributed by atoms with Gasteiger partial charge in [-0.25, -0.2) is 4.90 Å². The number of hydrogen-bond acceptors (Lipinski definition) is 5. The maximum absolute atomic E-state index is 13.6. The van der Waals surface area contributed by atoms with Crippen LogP contribution in [0.5, 0.6) is 5.75 Å². The molecule has 0 aromatic heterocycles. The Balaban J connectivity index is 1.63. The summed E-state index contributed by atoms with van der Waals surface area (Å²) in [7, 11) is 0. The molecule has 2 aromatic carbocycles. The summed E-state index contributed by atoms with van der Waals surface area (Å²) in [5.74, 6) is -1.06. The van der Waals surface area contributed by atoms with Gasteiger partial charge in [-0.05, 0) is 56.2 Å². The van der Waals surface area contributed by atoms with E-state index in [1.165, 1.54) is 6.92 Å². The first-order chi connectivity index (χ1) is 15.8. The Morgan fingerprint density at radius 2 is 1.70 bits per heavy atom. The summed E-state index contributed by atoms with van der Waals surface area (Å²) in [6.07, 6.45) is 4.72. The molecule has 1 unspecified atom stereocenters. The van der Waals surface area contributed by atoms with Crippen LogP contribution < -0.4 is 9.64 Å². The number of aryl methyl sites for hydroxylation is 1. The summed E-state index contributed by atoms with van der Waals surface area (Å²) in [6.45, 7) is 3.23. The lowest BCUT2D eigenvalue weighted by molar-refractivity contribution is -0.132. The smallest absolute Gasteiger partial charge is 0.308 e. The molecule has 0 N–H and O–H groups in total. The number of esters is 1. The maximum Gasteiger partial charge on any atom is 0.308 e. The third kappa shape index (κ3) is 4.82. The van der Waals surface area contributed by atoms with E-state index in [9.17, 15) is 19.2 Å². The van der Waals surface area contributed by atoms with Crippen LogP contribution in [0.2, 0.25) is 0 Å². The number of carbonyl (C=O) groups is 4. The lowest BCUT2D eigenvalue weighted by Crippen LogP contribution is -2.51. The first-order valence-electron chi connectivity index (χ1n) is 11.4. The van der Waals surface area contributed by atoms with Crippen molar-refractivity contribution in [2.45, 2.75) is 64.5 Å². The molecule has 1 saturated heterocycles. The third-order valence-electron chi connectivity index (χ3n) is 6.28. The Hall–Kier alpha value is -3.48. The summed E-state index contributed by atoms with van der Waals surface area (Å²) in [4.78, 5) is 54.0. The van der Waals surface area contributed by atoms with Crippen molar-refractivity contribution in [3.8, 4) is 5.75 Å². The number of rotatable bonds is 5. The molecule has 7 nitrogen and oxygen atoms in total. The zero-order valence-corrected chi connectivity index (χ0v) is 19.0. The average molecular weight is 449 g/mol. The SMILES string of the molecule is CC(=O)Oc1ccc(N2C(=O)CC(N(C(=O)c3cccc(C)c3)C3CCCCC3)C2=O)cc1. The monoisotopic (exact) mass is 448 g/mol. The summed E-state index contributed by atoms with van der Waals surface area (Å²) in [5, 5.41) is 0. The van der Waals surface area contributed by atoms with E-state index in [1.807, 2.05) is 25.1 Å². The fourth-order valence-electron chi connectivity index (χ4n) is 4.78. The molecule has 2 fully saturated rings. The minimum absolute atomic E-state index is 0.0431. The van der Waals surface area contributed by atoms with Crippen molar-refractivity contribution in [1.82, 2.24) is 4.90 Å². The van der Waals surface area contributed by atoms with Crippen LogP contribution in [0.3, 0.4) is 0 Å². The molecule has 2 aromatic rings. The van der Waals surface area contributed by atoms with E-state index in [0.29, 0.717) is 17.0 Å². The second-order valence-electron chi connectivity index (χ2n) is 8.75. The number of anilines is 1. The van der Waals surface area contributed by atoms with E-state index in [-0.39, 0.29) is 24.3 Å². The van der Waals surface area contributed by atoms with Gasteiger partial charge in [-0.3, -0.25) is 19.2 Å². The lowest BCUT2D eigenvalue weighted by Gasteiger charge is -2.37. The predicted octanol–water partition coefficient (Wildman–Crippen LogP) is 4.03. The van der Waals surface area contributed by atoms with Crippen LogP contribution in [0, 0.1) is 6.92 Å². The van der Waals surface area contributed by atoms with E-state index >= 15 is 0 Å². The molecule has 1 heterocycles. The summed E-state index contributed by atoms with van der Waals surface area (Å²) >= 11 is 0. The highest BCUT2D eigenvalue weighted by Gasteiger charge is 2.46. The summed E-state index contributed by atoms with van der Waals surface area (Å²) in [6, 6.07) is 12.7. The van der Waals surface area contributed by atoms with Gasteiger partial charge in [0.15, 0.2) is 0 Å². The highest BCUT2D eigenvalue weighted by Crippen LogP contribution is 2.33. The second kappa shape index (κ2) is 9.57. The molecular weight excluding hydrogens is 420 g/mol. The Morgan fingerprint density at radius 3 is 2.33 bits per heavy atom. The molecule has 33 heavy (non-hydrogen) atoms. The molecule has 0 spiro atoms.